The van der Waals surface area contributed by atoms with Crippen LogP contribution in [0.3, 0.4) is 0 Å². The van der Waals surface area contributed by atoms with Crippen LogP contribution in [0.25, 0.3) is 5.69 Å². The lowest BCUT2D eigenvalue weighted by Crippen LogP contribution is -2.07. The second kappa shape index (κ2) is 5.45. The summed E-state index contributed by atoms with van der Waals surface area (Å²) in [6.45, 7) is 1.43. The fraction of sp³-hybridized carbons (Fsp3) is 0.182. The van der Waals surface area contributed by atoms with Crippen LogP contribution in [-0.2, 0) is 4.79 Å². The summed E-state index contributed by atoms with van der Waals surface area (Å²) in [5.41, 5.74) is 5.56. The molecule has 106 valence electrons. The van der Waals surface area contributed by atoms with Crippen molar-refractivity contribution in [3.05, 3.63) is 29.3 Å². The van der Waals surface area contributed by atoms with Crippen LogP contribution in [0.1, 0.15) is 5.56 Å². The molecular formula is C11H10F2N4O2S. The first kappa shape index (κ1) is 14.3. The molecular weight excluding hydrogens is 290 g/mol. The smallest absolute Gasteiger partial charge is 0.313 e. The van der Waals surface area contributed by atoms with Gasteiger partial charge in [-0.15, -0.1) is 10.2 Å². The van der Waals surface area contributed by atoms with Crippen molar-refractivity contribution in [1.82, 2.24) is 14.8 Å². The molecule has 0 bridgehead atoms. The number of rotatable bonds is 4. The second-order valence-corrected chi connectivity index (χ2v) is 4.85. The van der Waals surface area contributed by atoms with Gasteiger partial charge in [0.2, 0.25) is 5.95 Å². The van der Waals surface area contributed by atoms with Crippen molar-refractivity contribution in [3.63, 3.8) is 0 Å². The number of thioether (sulfide) groups is 1. The van der Waals surface area contributed by atoms with Crippen molar-refractivity contribution in [2.24, 2.45) is 0 Å². The quantitative estimate of drug-likeness (QED) is 0.833. The highest BCUT2D eigenvalue weighted by atomic mass is 32.2. The lowest BCUT2D eigenvalue weighted by Gasteiger charge is -2.09. The molecule has 0 spiro atoms. The molecule has 0 amide bonds. The summed E-state index contributed by atoms with van der Waals surface area (Å²) in [5, 5.41) is 15.9. The van der Waals surface area contributed by atoms with E-state index in [4.69, 9.17) is 10.8 Å². The molecule has 0 atom stereocenters. The van der Waals surface area contributed by atoms with Gasteiger partial charge in [0.25, 0.3) is 0 Å². The van der Waals surface area contributed by atoms with Gasteiger partial charge in [-0.2, -0.15) is 0 Å². The van der Waals surface area contributed by atoms with Crippen molar-refractivity contribution >= 4 is 23.7 Å². The molecule has 0 saturated heterocycles. The topological polar surface area (TPSA) is 94.0 Å². The van der Waals surface area contributed by atoms with E-state index in [1.165, 1.54) is 6.92 Å². The van der Waals surface area contributed by atoms with E-state index in [-0.39, 0.29) is 28.1 Å². The monoisotopic (exact) mass is 300 g/mol. The Balaban J connectivity index is 2.49. The number of halogens is 2. The fourth-order valence-electron chi connectivity index (χ4n) is 1.53. The molecule has 1 heterocycles. The molecule has 9 heteroatoms. The van der Waals surface area contributed by atoms with Gasteiger partial charge >= 0.3 is 5.97 Å². The second-order valence-electron chi connectivity index (χ2n) is 3.91. The molecule has 0 fully saturated rings. The Morgan fingerprint density at radius 2 is 2.10 bits per heavy atom. The zero-order chi connectivity index (χ0) is 14.9. The van der Waals surface area contributed by atoms with Crippen molar-refractivity contribution in [2.45, 2.75) is 12.1 Å². The number of nitrogen functional groups attached to an aromatic ring is 1. The van der Waals surface area contributed by atoms with Crippen molar-refractivity contribution in [2.75, 3.05) is 11.5 Å². The van der Waals surface area contributed by atoms with Gasteiger partial charge in [-0.25, -0.2) is 8.78 Å². The number of nitrogens with zero attached hydrogens (tertiary/aromatic N) is 3. The van der Waals surface area contributed by atoms with Crippen LogP contribution in [0.4, 0.5) is 14.7 Å². The SMILES string of the molecule is Cc1cc(F)c(-n2c(N)nnc2SCC(=O)O)cc1F. The third-order valence-electron chi connectivity index (χ3n) is 2.45. The van der Waals surface area contributed by atoms with Gasteiger partial charge in [-0.05, 0) is 18.6 Å². The van der Waals surface area contributed by atoms with Crippen LogP contribution in [0.2, 0.25) is 0 Å². The first-order chi connectivity index (χ1) is 9.40. The van der Waals surface area contributed by atoms with E-state index in [9.17, 15) is 13.6 Å². The number of anilines is 1. The fourth-order valence-corrected chi connectivity index (χ4v) is 2.21. The Morgan fingerprint density at radius 1 is 1.40 bits per heavy atom. The predicted molar refractivity (Wildman–Crippen MR) is 68.8 cm³/mol. The molecule has 2 aromatic rings. The van der Waals surface area contributed by atoms with Crippen molar-refractivity contribution in [1.29, 1.82) is 0 Å². The summed E-state index contributed by atoms with van der Waals surface area (Å²) >= 11 is 0.810. The third-order valence-corrected chi connectivity index (χ3v) is 3.37. The highest BCUT2D eigenvalue weighted by Gasteiger charge is 2.18. The summed E-state index contributed by atoms with van der Waals surface area (Å²) in [5.74, 6) is -2.83. The molecule has 20 heavy (non-hydrogen) atoms. The zero-order valence-corrected chi connectivity index (χ0v) is 11.1. The first-order valence-corrected chi connectivity index (χ1v) is 6.40. The maximum Gasteiger partial charge on any atom is 0.313 e. The zero-order valence-electron chi connectivity index (χ0n) is 10.3. The number of carbonyl (C=O) groups is 1. The van der Waals surface area contributed by atoms with Gasteiger partial charge in [0.05, 0.1) is 11.4 Å². The Hall–Kier alpha value is -2.16. The largest absolute Gasteiger partial charge is 0.481 e. The molecule has 0 aliphatic carbocycles. The number of hydrogen-bond acceptors (Lipinski definition) is 5. The first-order valence-electron chi connectivity index (χ1n) is 5.41. The third kappa shape index (κ3) is 2.72. The molecule has 0 aliphatic heterocycles. The van der Waals surface area contributed by atoms with E-state index >= 15 is 0 Å². The summed E-state index contributed by atoms with van der Waals surface area (Å²) in [6.07, 6.45) is 0. The van der Waals surface area contributed by atoms with Crippen LogP contribution in [-0.4, -0.2) is 31.6 Å². The van der Waals surface area contributed by atoms with E-state index < -0.39 is 17.6 Å². The minimum Gasteiger partial charge on any atom is -0.481 e. The Bertz CT molecular complexity index is 675. The summed E-state index contributed by atoms with van der Waals surface area (Å²) in [6, 6.07) is 1.99. The summed E-state index contributed by atoms with van der Waals surface area (Å²) < 4.78 is 28.6. The van der Waals surface area contributed by atoms with Gasteiger partial charge in [-0.3, -0.25) is 9.36 Å². The number of benzene rings is 1. The van der Waals surface area contributed by atoms with Gasteiger partial charge in [-0.1, -0.05) is 11.8 Å². The molecule has 0 radical (unpaired) electrons. The number of carboxylic acids is 1. The standard InChI is InChI=1S/C11H10F2N4O2S/c1-5-2-7(13)8(3-6(5)12)17-10(14)15-16-11(17)20-4-9(18)19/h2-3H,4H2,1H3,(H2,14,15)(H,18,19). The molecule has 6 nitrogen and oxygen atoms in total. The van der Waals surface area contributed by atoms with Crippen LogP contribution in [0.15, 0.2) is 17.3 Å². The van der Waals surface area contributed by atoms with Crippen molar-refractivity contribution in [3.8, 4) is 5.69 Å². The Morgan fingerprint density at radius 3 is 2.75 bits per heavy atom. The Kier molecular flexibility index (Phi) is 3.89. The van der Waals surface area contributed by atoms with Crippen molar-refractivity contribution < 1.29 is 18.7 Å². The van der Waals surface area contributed by atoms with E-state index in [1.807, 2.05) is 0 Å². The van der Waals surface area contributed by atoms with Gasteiger partial charge in [0, 0.05) is 6.07 Å². The van der Waals surface area contributed by atoms with Crippen LogP contribution >= 0.6 is 11.8 Å². The molecule has 2 rings (SSSR count). The van der Waals surface area contributed by atoms with Gasteiger partial charge in [0.1, 0.15) is 11.6 Å². The highest BCUT2D eigenvalue weighted by molar-refractivity contribution is 7.99. The molecule has 1 aromatic carbocycles. The minimum atomic E-state index is -1.07. The van der Waals surface area contributed by atoms with Crippen LogP contribution in [0, 0.1) is 18.6 Å². The Labute approximate surface area is 116 Å². The van der Waals surface area contributed by atoms with Gasteiger partial charge < -0.3 is 10.8 Å². The molecule has 0 unspecified atom stereocenters. The lowest BCUT2D eigenvalue weighted by molar-refractivity contribution is -0.133. The van der Waals surface area contributed by atoms with Crippen LogP contribution in [0.5, 0.6) is 0 Å². The number of nitrogens with two attached hydrogens (primary N) is 1. The summed E-state index contributed by atoms with van der Waals surface area (Å²) in [4.78, 5) is 10.5. The predicted octanol–water partition coefficient (Wildman–Crippen LogP) is 1.61. The van der Waals surface area contributed by atoms with E-state index in [2.05, 4.69) is 10.2 Å². The van der Waals surface area contributed by atoms with E-state index in [0.717, 1.165) is 28.5 Å². The number of aliphatic carboxylic acids is 1. The number of carboxylic acid groups (broad SMARTS) is 1. The number of hydrogen-bond donors (Lipinski definition) is 2. The van der Waals surface area contributed by atoms with Gasteiger partial charge in [0.15, 0.2) is 5.16 Å². The molecule has 0 aliphatic rings. The highest BCUT2D eigenvalue weighted by Crippen LogP contribution is 2.26. The van der Waals surface area contributed by atoms with E-state index in [0.29, 0.717) is 0 Å². The number of aromatic nitrogens is 3. The molecule has 3 N–H and O–H groups in total. The lowest BCUT2D eigenvalue weighted by atomic mass is 10.2. The molecule has 0 saturated carbocycles. The van der Waals surface area contributed by atoms with E-state index in [1.54, 1.807) is 0 Å². The minimum absolute atomic E-state index is 0.0760. The average Bonchev–Trinajstić information content (AvgIpc) is 2.73. The average molecular weight is 300 g/mol. The maximum atomic E-state index is 13.9. The maximum absolute atomic E-state index is 13.9. The number of aryl methyl sites for hydroxylation is 1. The van der Waals surface area contributed by atoms with Crippen LogP contribution < -0.4 is 5.73 Å². The molecule has 1 aromatic heterocycles. The summed E-state index contributed by atoms with van der Waals surface area (Å²) in [7, 11) is 0. The normalized spacial score (nSPS) is 10.8.